The predicted octanol–water partition coefficient (Wildman–Crippen LogP) is 2.74. The van der Waals surface area contributed by atoms with Crippen LogP contribution in [0.15, 0.2) is 0 Å². The monoisotopic (exact) mass is 297 g/mol. The molecule has 0 aromatic rings. The summed E-state index contributed by atoms with van der Waals surface area (Å²) in [5.74, 6) is 1.14. The van der Waals surface area contributed by atoms with Gasteiger partial charge in [0, 0.05) is 32.7 Å². The summed E-state index contributed by atoms with van der Waals surface area (Å²) in [4.78, 5) is 14.3. The molecule has 1 amide bonds. The Morgan fingerprint density at radius 3 is 2.48 bits per heavy atom. The zero-order valence-electron chi connectivity index (χ0n) is 13.3. The van der Waals surface area contributed by atoms with Gasteiger partial charge in [0.2, 0.25) is 5.91 Å². The molecule has 2 fully saturated rings. The average Bonchev–Trinajstić information content (AvgIpc) is 2.54. The molecule has 1 saturated heterocycles. The third-order valence-corrected chi connectivity index (χ3v) is 4.94. The third kappa shape index (κ3) is 5.95. The quantitative estimate of drug-likeness (QED) is 0.735. The number of nitrogens with zero attached hydrogens (tertiary/aromatic N) is 1. The molecule has 0 aromatic heterocycles. The summed E-state index contributed by atoms with van der Waals surface area (Å²) in [6, 6.07) is 0. The van der Waals surface area contributed by atoms with E-state index in [1.807, 2.05) is 4.90 Å². The second kappa shape index (κ2) is 9.42. The molecule has 1 saturated carbocycles. The molecule has 1 heterocycles. The van der Waals surface area contributed by atoms with E-state index in [0.717, 1.165) is 44.7 Å². The van der Waals surface area contributed by atoms with Crippen LogP contribution in [0.4, 0.5) is 0 Å². The Morgan fingerprint density at radius 1 is 1.10 bits per heavy atom. The summed E-state index contributed by atoms with van der Waals surface area (Å²) in [6.45, 7) is 2.51. The number of hydrogen-bond acceptors (Lipinski definition) is 3. The fourth-order valence-electron chi connectivity index (χ4n) is 3.55. The molecule has 0 unspecified atom stereocenters. The number of aliphatic hydroxyl groups is 1. The van der Waals surface area contributed by atoms with E-state index in [4.69, 9.17) is 9.84 Å². The normalized spacial score (nSPS) is 21.7. The Hall–Kier alpha value is -0.610. The maximum Gasteiger partial charge on any atom is 0.222 e. The van der Waals surface area contributed by atoms with E-state index >= 15 is 0 Å². The first kappa shape index (κ1) is 16.8. The minimum Gasteiger partial charge on any atom is -0.396 e. The lowest BCUT2D eigenvalue weighted by molar-refractivity contribution is -0.134. The average molecular weight is 297 g/mol. The van der Waals surface area contributed by atoms with Gasteiger partial charge in [-0.15, -0.1) is 0 Å². The minimum absolute atomic E-state index is 0.193. The van der Waals surface area contributed by atoms with E-state index in [1.54, 1.807) is 0 Å². The highest BCUT2D eigenvalue weighted by atomic mass is 16.5. The molecule has 21 heavy (non-hydrogen) atoms. The van der Waals surface area contributed by atoms with Crippen molar-refractivity contribution in [2.45, 2.75) is 70.3 Å². The number of carbonyl (C=O) groups excluding carboxylic acids is 1. The van der Waals surface area contributed by atoms with Crippen molar-refractivity contribution in [3.63, 3.8) is 0 Å². The maximum absolute atomic E-state index is 12.3. The minimum atomic E-state index is 0.193. The first-order valence-electron chi connectivity index (χ1n) is 8.80. The molecule has 0 bridgehead atoms. The first-order chi connectivity index (χ1) is 10.3. The fourth-order valence-corrected chi connectivity index (χ4v) is 3.55. The summed E-state index contributed by atoms with van der Waals surface area (Å²) >= 11 is 0. The van der Waals surface area contributed by atoms with Crippen LogP contribution < -0.4 is 0 Å². The molecule has 2 aliphatic rings. The highest BCUT2D eigenvalue weighted by Crippen LogP contribution is 2.27. The topological polar surface area (TPSA) is 49.8 Å². The summed E-state index contributed by atoms with van der Waals surface area (Å²) in [6.07, 6.45) is 11.5. The van der Waals surface area contributed by atoms with Crippen LogP contribution in [-0.4, -0.2) is 48.3 Å². The molecule has 1 N–H and O–H groups in total. The number of carbonyl (C=O) groups is 1. The highest BCUT2D eigenvalue weighted by Gasteiger charge is 2.23. The molecule has 122 valence electrons. The fraction of sp³-hybridized carbons (Fsp3) is 0.941. The van der Waals surface area contributed by atoms with Crippen LogP contribution in [0.3, 0.4) is 0 Å². The van der Waals surface area contributed by atoms with Gasteiger partial charge >= 0.3 is 0 Å². The van der Waals surface area contributed by atoms with Crippen LogP contribution in [-0.2, 0) is 9.53 Å². The van der Waals surface area contributed by atoms with Crippen molar-refractivity contribution in [3.8, 4) is 0 Å². The van der Waals surface area contributed by atoms with Gasteiger partial charge in [-0.3, -0.25) is 4.79 Å². The second-order valence-corrected chi connectivity index (χ2v) is 6.57. The zero-order chi connectivity index (χ0) is 14.9. The van der Waals surface area contributed by atoms with E-state index in [0.29, 0.717) is 18.9 Å². The summed E-state index contributed by atoms with van der Waals surface area (Å²) in [5.41, 5.74) is 0. The Labute approximate surface area is 128 Å². The molecule has 1 aliphatic carbocycles. The maximum atomic E-state index is 12.3. The van der Waals surface area contributed by atoms with Gasteiger partial charge in [-0.2, -0.15) is 0 Å². The molecule has 4 nitrogen and oxygen atoms in total. The number of rotatable bonds is 7. The third-order valence-electron chi connectivity index (χ3n) is 4.94. The number of likely N-dealkylation sites (tertiary alicyclic amines) is 1. The standard InChI is InChI=1S/C17H31NO3/c19-13-4-14-21-16-9-11-18(12-10-16)17(20)8-7-15-5-2-1-3-6-15/h15-16,19H,1-14H2. The Morgan fingerprint density at radius 2 is 1.81 bits per heavy atom. The van der Waals surface area contributed by atoms with Crippen molar-refractivity contribution >= 4 is 5.91 Å². The smallest absolute Gasteiger partial charge is 0.222 e. The summed E-state index contributed by atoms with van der Waals surface area (Å²) in [5, 5.41) is 8.74. The van der Waals surface area contributed by atoms with Gasteiger partial charge < -0.3 is 14.7 Å². The predicted molar refractivity (Wildman–Crippen MR) is 83.1 cm³/mol. The van der Waals surface area contributed by atoms with Crippen molar-refractivity contribution in [1.82, 2.24) is 4.90 Å². The van der Waals surface area contributed by atoms with E-state index in [2.05, 4.69) is 0 Å². The van der Waals surface area contributed by atoms with Crippen molar-refractivity contribution < 1.29 is 14.6 Å². The molecule has 0 atom stereocenters. The summed E-state index contributed by atoms with van der Waals surface area (Å²) < 4.78 is 5.71. The molecular formula is C17H31NO3. The van der Waals surface area contributed by atoms with Gasteiger partial charge in [-0.1, -0.05) is 32.1 Å². The van der Waals surface area contributed by atoms with E-state index in [1.165, 1.54) is 32.1 Å². The zero-order valence-corrected chi connectivity index (χ0v) is 13.3. The van der Waals surface area contributed by atoms with Gasteiger partial charge in [-0.05, 0) is 31.6 Å². The molecule has 1 aliphatic heterocycles. The largest absolute Gasteiger partial charge is 0.396 e. The first-order valence-corrected chi connectivity index (χ1v) is 8.80. The van der Waals surface area contributed by atoms with Crippen LogP contribution in [0.5, 0.6) is 0 Å². The molecule has 0 spiro atoms. The lowest BCUT2D eigenvalue weighted by atomic mass is 9.86. The number of amides is 1. The molecule has 0 aromatic carbocycles. The molecule has 2 rings (SSSR count). The van der Waals surface area contributed by atoms with Gasteiger partial charge in [0.25, 0.3) is 0 Å². The van der Waals surface area contributed by atoms with Crippen molar-refractivity contribution in [2.75, 3.05) is 26.3 Å². The van der Waals surface area contributed by atoms with Crippen LogP contribution in [0, 0.1) is 5.92 Å². The van der Waals surface area contributed by atoms with Crippen LogP contribution in [0.2, 0.25) is 0 Å². The van der Waals surface area contributed by atoms with Gasteiger partial charge in [-0.25, -0.2) is 0 Å². The van der Waals surface area contributed by atoms with E-state index in [-0.39, 0.29) is 12.7 Å². The number of aliphatic hydroxyl groups excluding tert-OH is 1. The lowest BCUT2D eigenvalue weighted by Gasteiger charge is -2.32. The Bertz CT molecular complexity index is 294. The lowest BCUT2D eigenvalue weighted by Crippen LogP contribution is -2.41. The number of piperidine rings is 1. The second-order valence-electron chi connectivity index (χ2n) is 6.57. The highest BCUT2D eigenvalue weighted by molar-refractivity contribution is 5.76. The van der Waals surface area contributed by atoms with Crippen molar-refractivity contribution in [1.29, 1.82) is 0 Å². The van der Waals surface area contributed by atoms with Crippen LogP contribution in [0.1, 0.15) is 64.2 Å². The Balaban J connectivity index is 1.59. The number of hydrogen-bond donors (Lipinski definition) is 1. The SMILES string of the molecule is O=C(CCC1CCCCC1)N1CCC(OCCCO)CC1. The van der Waals surface area contributed by atoms with Gasteiger partial charge in [0.15, 0.2) is 0 Å². The van der Waals surface area contributed by atoms with Crippen molar-refractivity contribution in [3.05, 3.63) is 0 Å². The Kier molecular flexibility index (Phi) is 7.51. The number of ether oxygens (including phenoxy) is 1. The summed E-state index contributed by atoms with van der Waals surface area (Å²) in [7, 11) is 0. The van der Waals surface area contributed by atoms with Crippen LogP contribution in [0.25, 0.3) is 0 Å². The molecular weight excluding hydrogens is 266 g/mol. The van der Waals surface area contributed by atoms with Gasteiger partial charge in [0.1, 0.15) is 0 Å². The molecule has 4 heteroatoms. The van der Waals surface area contributed by atoms with Crippen molar-refractivity contribution in [2.24, 2.45) is 5.92 Å². The van der Waals surface area contributed by atoms with E-state index < -0.39 is 0 Å². The van der Waals surface area contributed by atoms with Crippen LogP contribution >= 0.6 is 0 Å². The molecule has 0 radical (unpaired) electrons. The van der Waals surface area contributed by atoms with E-state index in [9.17, 15) is 4.79 Å². The van der Waals surface area contributed by atoms with Gasteiger partial charge in [0.05, 0.1) is 6.10 Å².